The van der Waals surface area contributed by atoms with Gasteiger partial charge in [-0.2, -0.15) is 23.1 Å². The highest BCUT2D eigenvalue weighted by Gasteiger charge is 2.57. The van der Waals surface area contributed by atoms with E-state index >= 15 is 4.39 Å². The van der Waals surface area contributed by atoms with Crippen LogP contribution in [0.1, 0.15) is 45.1 Å². The lowest BCUT2D eigenvalue weighted by Gasteiger charge is -2.44. The molecule has 4 aliphatic heterocycles. The summed E-state index contributed by atoms with van der Waals surface area (Å²) in [4.78, 5) is 16.5. The standard InChI is InChI=1S/C30H32ClF6N7O2/c1-3-15-9-44-17(14(2)39-15)10-45-25-20-24(22(32)19(21(25)31)23-16(30(35,36)37)5-6-18(38)40-23)41-27(42-26(20)44)46-13-28-7-4-8-43(28)12-29(33,34)11-28/h5-6,14-15,17,39H,3-4,7-13H2,1-2H3,(H2,38,40)/t14-,15+,17+,28+/m0/s1. The number of nitrogen functional groups attached to an aromatic ring is 1. The fourth-order valence-corrected chi connectivity index (χ4v) is 7.81. The third-order valence-corrected chi connectivity index (χ3v) is 10.0. The summed E-state index contributed by atoms with van der Waals surface area (Å²) >= 11 is 6.73. The Hall–Kier alpha value is -3.30. The Balaban J connectivity index is 1.43. The second kappa shape index (κ2) is 10.9. The van der Waals surface area contributed by atoms with Crippen molar-refractivity contribution in [1.82, 2.24) is 25.2 Å². The fourth-order valence-electron chi connectivity index (χ4n) is 7.49. The number of benzene rings is 1. The molecule has 0 aliphatic carbocycles. The van der Waals surface area contributed by atoms with Crippen LogP contribution in [-0.2, 0) is 6.18 Å². The zero-order chi connectivity index (χ0) is 32.8. The third-order valence-electron chi connectivity index (χ3n) is 9.68. The van der Waals surface area contributed by atoms with E-state index in [0.717, 1.165) is 12.5 Å². The smallest absolute Gasteiger partial charge is 0.418 e. The lowest BCUT2D eigenvalue weighted by atomic mass is 9.94. The van der Waals surface area contributed by atoms with Gasteiger partial charge >= 0.3 is 12.2 Å². The minimum atomic E-state index is -4.92. The number of halogens is 7. The maximum atomic E-state index is 16.8. The summed E-state index contributed by atoms with van der Waals surface area (Å²) in [6, 6.07) is 0.930. The van der Waals surface area contributed by atoms with Gasteiger partial charge in [-0.05, 0) is 44.9 Å². The molecule has 9 nitrogen and oxygen atoms in total. The molecule has 4 aliphatic rings. The minimum Gasteiger partial charge on any atom is -0.489 e. The number of hydrogen-bond acceptors (Lipinski definition) is 9. The van der Waals surface area contributed by atoms with E-state index in [1.807, 2.05) is 18.7 Å². The Morgan fingerprint density at radius 3 is 2.74 bits per heavy atom. The van der Waals surface area contributed by atoms with Crippen LogP contribution in [0, 0.1) is 5.82 Å². The zero-order valence-electron chi connectivity index (χ0n) is 25.0. The monoisotopic (exact) mass is 671 g/mol. The van der Waals surface area contributed by atoms with Gasteiger partial charge in [-0.1, -0.05) is 18.5 Å². The lowest BCUT2D eigenvalue weighted by Crippen LogP contribution is -2.63. The summed E-state index contributed by atoms with van der Waals surface area (Å²) in [5.41, 5.74) is 1.66. The van der Waals surface area contributed by atoms with E-state index in [1.54, 1.807) is 4.90 Å². The van der Waals surface area contributed by atoms with Crippen LogP contribution in [0.15, 0.2) is 12.1 Å². The van der Waals surface area contributed by atoms with Gasteiger partial charge in [0.2, 0.25) is 0 Å². The maximum Gasteiger partial charge on any atom is 0.418 e. The highest BCUT2D eigenvalue weighted by molar-refractivity contribution is 6.36. The number of hydrogen-bond donors (Lipinski definition) is 2. The molecule has 3 N–H and O–H groups in total. The number of piperazine rings is 1. The first-order chi connectivity index (χ1) is 21.7. The van der Waals surface area contributed by atoms with E-state index in [-0.39, 0.29) is 66.7 Å². The van der Waals surface area contributed by atoms with Crippen LogP contribution in [0.3, 0.4) is 0 Å². The SMILES string of the molecule is CC[C@@H]1CN2c3nc(OC[C@]45CCCN4CC(F)(F)C5)nc4c(F)c(-c5nc(N)ccc5C(F)(F)F)c(Cl)c(c34)OC[C@@H]2[C@H](C)N1. The zero-order valence-corrected chi connectivity index (χ0v) is 25.8. The molecule has 3 fully saturated rings. The van der Waals surface area contributed by atoms with Crippen molar-refractivity contribution < 1.29 is 35.8 Å². The van der Waals surface area contributed by atoms with Gasteiger partial charge in [-0.25, -0.2) is 18.2 Å². The molecule has 2 aromatic heterocycles. The van der Waals surface area contributed by atoms with Crippen LogP contribution >= 0.6 is 11.6 Å². The van der Waals surface area contributed by atoms with Gasteiger partial charge in [0, 0.05) is 25.0 Å². The lowest BCUT2D eigenvalue weighted by molar-refractivity contribution is -0.137. The van der Waals surface area contributed by atoms with Crippen molar-refractivity contribution in [3.63, 3.8) is 0 Å². The van der Waals surface area contributed by atoms with Gasteiger partial charge in [0.25, 0.3) is 5.92 Å². The minimum absolute atomic E-state index is 0.0271. The Kier molecular flexibility index (Phi) is 7.40. The molecule has 16 heteroatoms. The summed E-state index contributed by atoms with van der Waals surface area (Å²) in [6.07, 6.45) is -3.36. The van der Waals surface area contributed by atoms with E-state index in [2.05, 4.69) is 20.3 Å². The molecule has 6 heterocycles. The third kappa shape index (κ3) is 5.05. The molecular weight excluding hydrogens is 640 g/mol. The van der Waals surface area contributed by atoms with E-state index in [9.17, 15) is 22.0 Å². The second-order valence-corrected chi connectivity index (χ2v) is 13.1. The maximum absolute atomic E-state index is 16.8. The van der Waals surface area contributed by atoms with Crippen molar-refractivity contribution in [1.29, 1.82) is 0 Å². The summed E-state index contributed by atoms with van der Waals surface area (Å²) in [7, 11) is 0. The summed E-state index contributed by atoms with van der Waals surface area (Å²) < 4.78 is 100. The summed E-state index contributed by atoms with van der Waals surface area (Å²) in [5.74, 6) is -4.24. The highest BCUT2D eigenvalue weighted by Crippen LogP contribution is 2.51. The van der Waals surface area contributed by atoms with Crippen molar-refractivity contribution in [2.24, 2.45) is 0 Å². The average molecular weight is 672 g/mol. The number of nitrogens with zero attached hydrogens (tertiary/aromatic N) is 5. The quantitative estimate of drug-likeness (QED) is 0.332. The number of fused-ring (bicyclic) bond motifs is 3. The van der Waals surface area contributed by atoms with E-state index < -0.39 is 57.2 Å². The number of nitrogens with two attached hydrogens (primary N) is 1. The Morgan fingerprint density at radius 2 is 2.00 bits per heavy atom. The molecule has 1 aromatic carbocycles. The molecular formula is C30H32ClF6N7O2. The van der Waals surface area contributed by atoms with Crippen LogP contribution in [0.2, 0.25) is 5.02 Å². The number of rotatable bonds is 5. The average Bonchev–Trinajstić information content (AvgIpc) is 3.40. The molecule has 0 spiro atoms. The summed E-state index contributed by atoms with van der Waals surface area (Å²) in [6.45, 7) is 4.40. The number of anilines is 2. The highest BCUT2D eigenvalue weighted by atomic mass is 35.5. The Morgan fingerprint density at radius 1 is 1.22 bits per heavy atom. The first-order valence-electron chi connectivity index (χ1n) is 15.2. The van der Waals surface area contributed by atoms with Gasteiger partial charge in [0.1, 0.15) is 30.4 Å². The Labute approximate surface area is 265 Å². The van der Waals surface area contributed by atoms with Crippen LogP contribution in [-0.4, -0.2) is 82.3 Å². The van der Waals surface area contributed by atoms with Gasteiger partial charge in [0.15, 0.2) is 11.6 Å². The molecule has 0 radical (unpaired) electrons. The van der Waals surface area contributed by atoms with Crippen molar-refractivity contribution in [2.75, 3.05) is 43.5 Å². The van der Waals surface area contributed by atoms with Gasteiger partial charge in [0.05, 0.1) is 45.4 Å². The number of ether oxygens (including phenoxy) is 2. The normalized spacial score (nSPS) is 27.3. The molecule has 0 saturated carbocycles. The number of nitrogens with one attached hydrogen (secondary N) is 1. The topological polar surface area (TPSA) is 102 Å². The van der Waals surface area contributed by atoms with Crippen LogP contribution in [0.25, 0.3) is 22.2 Å². The van der Waals surface area contributed by atoms with Crippen molar-refractivity contribution in [3.05, 3.63) is 28.5 Å². The van der Waals surface area contributed by atoms with Crippen LogP contribution < -0.4 is 25.4 Å². The number of aromatic nitrogens is 3. The Bertz CT molecular complexity index is 1710. The predicted octanol–water partition coefficient (Wildman–Crippen LogP) is 5.68. The molecule has 3 saturated heterocycles. The van der Waals surface area contributed by atoms with Gasteiger partial charge < -0.3 is 25.4 Å². The molecule has 248 valence electrons. The van der Waals surface area contributed by atoms with E-state index in [0.29, 0.717) is 32.0 Å². The number of alkyl halides is 5. The van der Waals surface area contributed by atoms with Crippen LogP contribution in [0.5, 0.6) is 11.8 Å². The fraction of sp³-hybridized carbons (Fsp3) is 0.567. The van der Waals surface area contributed by atoms with E-state index in [4.69, 9.17) is 26.8 Å². The molecule has 46 heavy (non-hydrogen) atoms. The summed E-state index contributed by atoms with van der Waals surface area (Å²) in [5, 5.41) is 3.15. The van der Waals surface area contributed by atoms with E-state index in [1.165, 1.54) is 0 Å². The molecule has 7 rings (SSSR count). The predicted molar refractivity (Wildman–Crippen MR) is 159 cm³/mol. The van der Waals surface area contributed by atoms with Crippen molar-refractivity contribution >= 4 is 34.1 Å². The molecule has 0 bridgehead atoms. The first-order valence-corrected chi connectivity index (χ1v) is 15.6. The van der Waals surface area contributed by atoms with Crippen molar-refractivity contribution in [2.45, 2.75) is 75.3 Å². The van der Waals surface area contributed by atoms with Crippen molar-refractivity contribution in [3.8, 4) is 23.0 Å². The molecule has 0 unspecified atom stereocenters. The second-order valence-electron chi connectivity index (χ2n) is 12.7. The van der Waals surface area contributed by atoms with Gasteiger partial charge in [-0.15, -0.1) is 0 Å². The van der Waals surface area contributed by atoms with Gasteiger partial charge in [-0.3, -0.25) is 4.90 Å². The van der Waals surface area contributed by atoms with Crippen LogP contribution in [0.4, 0.5) is 38.0 Å². The number of pyridine rings is 1. The molecule has 0 amide bonds. The largest absolute Gasteiger partial charge is 0.489 e. The molecule has 3 aromatic rings. The molecule has 4 atom stereocenters. The first kappa shape index (κ1) is 31.3.